The molecule has 0 bridgehead atoms. The SMILES string of the molecule is CC1CC1CN(C)C(=O)c1c(N)cnn1C. The second kappa shape index (κ2) is 3.81. The summed E-state index contributed by atoms with van der Waals surface area (Å²) < 4.78 is 1.53. The molecule has 1 aromatic heterocycles. The van der Waals surface area contributed by atoms with Crippen LogP contribution in [-0.4, -0.2) is 34.2 Å². The van der Waals surface area contributed by atoms with Crippen LogP contribution >= 0.6 is 0 Å². The Morgan fingerprint density at radius 2 is 2.38 bits per heavy atom. The number of carbonyl (C=O) groups is 1. The van der Waals surface area contributed by atoms with Gasteiger partial charge in [0.1, 0.15) is 5.69 Å². The van der Waals surface area contributed by atoms with Crippen LogP contribution in [0.2, 0.25) is 0 Å². The molecule has 88 valence electrons. The number of aromatic nitrogens is 2. The Labute approximate surface area is 95.2 Å². The van der Waals surface area contributed by atoms with E-state index in [1.165, 1.54) is 17.3 Å². The molecule has 0 spiro atoms. The number of hydrogen-bond acceptors (Lipinski definition) is 3. The summed E-state index contributed by atoms with van der Waals surface area (Å²) in [4.78, 5) is 13.8. The summed E-state index contributed by atoms with van der Waals surface area (Å²) >= 11 is 0. The Morgan fingerprint density at radius 3 is 2.81 bits per heavy atom. The van der Waals surface area contributed by atoms with E-state index in [4.69, 9.17) is 5.73 Å². The highest BCUT2D eigenvalue weighted by Crippen LogP contribution is 2.38. The molecule has 1 aromatic rings. The Kier molecular flexibility index (Phi) is 2.61. The molecule has 1 amide bonds. The predicted molar refractivity (Wildman–Crippen MR) is 61.9 cm³/mol. The van der Waals surface area contributed by atoms with Crippen molar-refractivity contribution in [3.8, 4) is 0 Å². The minimum absolute atomic E-state index is 0.0448. The quantitative estimate of drug-likeness (QED) is 0.820. The van der Waals surface area contributed by atoms with Gasteiger partial charge in [-0.05, 0) is 18.3 Å². The van der Waals surface area contributed by atoms with Crippen LogP contribution in [0.4, 0.5) is 5.69 Å². The molecule has 1 aliphatic rings. The van der Waals surface area contributed by atoms with Crippen LogP contribution in [0, 0.1) is 11.8 Å². The summed E-state index contributed by atoms with van der Waals surface area (Å²) in [6.07, 6.45) is 2.74. The normalized spacial score (nSPS) is 23.2. The highest BCUT2D eigenvalue weighted by molar-refractivity contribution is 5.97. The summed E-state index contributed by atoms with van der Waals surface area (Å²) in [5.74, 6) is 1.36. The number of carbonyl (C=O) groups excluding carboxylic acids is 1. The van der Waals surface area contributed by atoms with Crippen LogP contribution in [-0.2, 0) is 7.05 Å². The topological polar surface area (TPSA) is 64.2 Å². The number of amides is 1. The fourth-order valence-electron chi connectivity index (χ4n) is 1.99. The molecule has 1 fully saturated rings. The van der Waals surface area contributed by atoms with E-state index in [0.29, 0.717) is 17.3 Å². The van der Waals surface area contributed by atoms with E-state index in [0.717, 1.165) is 12.5 Å². The molecule has 0 aliphatic heterocycles. The number of nitrogen functional groups attached to an aromatic ring is 1. The smallest absolute Gasteiger partial charge is 0.274 e. The molecule has 0 aromatic carbocycles. The lowest BCUT2D eigenvalue weighted by molar-refractivity contribution is 0.0777. The van der Waals surface area contributed by atoms with Crippen molar-refractivity contribution < 1.29 is 4.79 Å². The summed E-state index contributed by atoms with van der Waals surface area (Å²) in [7, 11) is 3.55. The van der Waals surface area contributed by atoms with Crippen molar-refractivity contribution in [3.05, 3.63) is 11.9 Å². The van der Waals surface area contributed by atoms with Gasteiger partial charge in [-0.3, -0.25) is 9.48 Å². The summed E-state index contributed by atoms with van der Waals surface area (Å²) in [5, 5.41) is 3.97. The van der Waals surface area contributed by atoms with E-state index in [2.05, 4.69) is 12.0 Å². The van der Waals surface area contributed by atoms with E-state index in [9.17, 15) is 4.79 Å². The number of nitrogens with two attached hydrogens (primary N) is 1. The number of anilines is 1. The van der Waals surface area contributed by atoms with Crippen LogP contribution in [0.1, 0.15) is 23.8 Å². The van der Waals surface area contributed by atoms with Gasteiger partial charge < -0.3 is 10.6 Å². The number of hydrogen-bond donors (Lipinski definition) is 1. The molecule has 2 unspecified atom stereocenters. The van der Waals surface area contributed by atoms with E-state index in [-0.39, 0.29) is 5.91 Å². The first-order valence-corrected chi connectivity index (χ1v) is 5.53. The Bertz CT molecular complexity index is 393. The van der Waals surface area contributed by atoms with Gasteiger partial charge in [-0.1, -0.05) is 6.92 Å². The predicted octanol–water partition coefficient (Wildman–Crippen LogP) is 0.730. The Morgan fingerprint density at radius 1 is 1.75 bits per heavy atom. The Balaban J connectivity index is 2.06. The first-order chi connectivity index (χ1) is 7.50. The second-order valence-corrected chi connectivity index (χ2v) is 4.73. The van der Waals surface area contributed by atoms with E-state index in [1.807, 2.05) is 7.05 Å². The van der Waals surface area contributed by atoms with Crippen molar-refractivity contribution >= 4 is 11.6 Å². The average Bonchev–Trinajstić information content (AvgIpc) is 2.80. The van der Waals surface area contributed by atoms with Gasteiger partial charge in [0, 0.05) is 20.6 Å². The number of nitrogens with zero attached hydrogens (tertiary/aromatic N) is 3. The maximum absolute atomic E-state index is 12.1. The van der Waals surface area contributed by atoms with Crippen LogP contribution in [0.3, 0.4) is 0 Å². The summed E-state index contributed by atoms with van der Waals surface area (Å²) in [5.41, 5.74) is 6.65. The molecule has 0 saturated heterocycles. The van der Waals surface area contributed by atoms with E-state index < -0.39 is 0 Å². The highest BCUT2D eigenvalue weighted by Gasteiger charge is 2.34. The molecule has 2 rings (SSSR count). The van der Waals surface area contributed by atoms with E-state index in [1.54, 1.807) is 11.9 Å². The molecule has 2 atom stereocenters. The summed E-state index contributed by atoms with van der Waals surface area (Å²) in [6, 6.07) is 0. The van der Waals surface area contributed by atoms with E-state index >= 15 is 0 Å². The highest BCUT2D eigenvalue weighted by atomic mass is 16.2. The molecular formula is C11H18N4O. The van der Waals surface area contributed by atoms with Crippen molar-refractivity contribution in [2.24, 2.45) is 18.9 Å². The third-order valence-corrected chi connectivity index (χ3v) is 3.30. The molecule has 16 heavy (non-hydrogen) atoms. The van der Waals surface area contributed by atoms with Crippen LogP contribution in [0.15, 0.2) is 6.20 Å². The zero-order chi connectivity index (χ0) is 11.9. The fraction of sp³-hybridized carbons (Fsp3) is 0.636. The lowest BCUT2D eigenvalue weighted by atomic mass is 10.3. The number of rotatable bonds is 3. The van der Waals surface area contributed by atoms with Crippen molar-refractivity contribution in [2.45, 2.75) is 13.3 Å². The molecule has 1 heterocycles. The van der Waals surface area contributed by atoms with Gasteiger partial charge in [0.25, 0.3) is 5.91 Å². The maximum Gasteiger partial charge on any atom is 0.274 e. The third-order valence-electron chi connectivity index (χ3n) is 3.30. The lowest BCUT2D eigenvalue weighted by Gasteiger charge is -2.17. The molecule has 2 N–H and O–H groups in total. The van der Waals surface area contributed by atoms with Gasteiger partial charge in [0.15, 0.2) is 0 Å². The van der Waals surface area contributed by atoms with Crippen molar-refractivity contribution in [2.75, 3.05) is 19.3 Å². The van der Waals surface area contributed by atoms with Crippen molar-refractivity contribution in [3.63, 3.8) is 0 Å². The maximum atomic E-state index is 12.1. The van der Waals surface area contributed by atoms with Crippen LogP contribution in [0.5, 0.6) is 0 Å². The molecular weight excluding hydrogens is 204 g/mol. The molecule has 1 saturated carbocycles. The number of aryl methyl sites for hydroxylation is 1. The van der Waals surface area contributed by atoms with Gasteiger partial charge in [-0.2, -0.15) is 5.10 Å². The third kappa shape index (κ3) is 1.89. The van der Waals surface area contributed by atoms with Gasteiger partial charge in [-0.15, -0.1) is 0 Å². The largest absolute Gasteiger partial charge is 0.396 e. The average molecular weight is 222 g/mol. The van der Waals surface area contributed by atoms with Gasteiger partial charge >= 0.3 is 0 Å². The second-order valence-electron chi connectivity index (χ2n) is 4.73. The molecule has 0 radical (unpaired) electrons. The Hall–Kier alpha value is -1.52. The minimum atomic E-state index is -0.0448. The van der Waals surface area contributed by atoms with Crippen molar-refractivity contribution in [1.29, 1.82) is 0 Å². The zero-order valence-corrected chi connectivity index (χ0v) is 9.97. The van der Waals surface area contributed by atoms with Crippen molar-refractivity contribution in [1.82, 2.24) is 14.7 Å². The van der Waals surface area contributed by atoms with Gasteiger partial charge in [-0.25, -0.2) is 0 Å². The van der Waals surface area contributed by atoms with Gasteiger partial charge in [0.2, 0.25) is 0 Å². The monoisotopic (exact) mass is 222 g/mol. The van der Waals surface area contributed by atoms with Crippen LogP contribution in [0.25, 0.3) is 0 Å². The standard InChI is InChI=1S/C11H18N4O/c1-7-4-8(7)6-14(2)11(16)10-9(12)5-13-15(10)3/h5,7-8H,4,6,12H2,1-3H3. The molecule has 1 aliphatic carbocycles. The first-order valence-electron chi connectivity index (χ1n) is 5.53. The molecule has 5 heteroatoms. The first kappa shape index (κ1) is 11.0. The molecule has 5 nitrogen and oxygen atoms in total. The zero-order valence-electron chi connectivity index (χ0n) is 9.97. The lowest BCUT2D eigenvalue weighted by Crippen LogP contribution is -2.31. The van der Waals surface area contributed by atoms with Gasteiger partial charge in [0.05, 0.1) is 11.9 Å². The summed E-state index contributed by atoms with van der Waals surface area (Å²) in [6.45, 7) is 3.02. The van der Waals surface area contributed by atoms with Crippen LogP contribution < -0.4 is 5.73 Å². The minimum Gasteiger partial charge on any atom is -0.396 e. The fourth-order valence-corrected chi connectivity index (χ4v) is 1.99.